The number of benzene rings is 3. The zero-order valence-electron chi connectivity index (χ0n) is 14.5. The Morgan fingerprint density at radius 1 is 0.962 bits per heavy atom. The minimum Gasteiger partial charge on any atom is -0.322 e. The molecule has 4 heteroatoms. The fourth-order valence-electron chi connectivity index (χ4n) is 2.59. The van der Waals surface area contributed by atoms with E-state index in [4.69, 9.17) is 11.6 Å². The number of hydrogen-bond acceptors (Lipinski definition) is 2. The van der Waals surface area contributed by atoms with E-state index in [1.165, 1.54) is 10.5 Å². The maximum atomic E-state index is 12.5. The molecule has 0 atom stereocenters. The van der Waals surface area contributed by atoms with Gasteiger partial charge in [0, 0.05) is 26.9 Å². The second kappa shape index (κ2) is 8.93. The van der Waals surface area contributed by atoms with Crippen molar-refractivity contribution >= 4 is 35.0 Å². The van der Waals surface area contributed by atoms with E-state index in [2.05, 4.69) is 12.2 Å². The van der Waals surface area contributed by atoms with Crippen molar-refractivity contribution in [1.29, 1.82) is 0 Å². The van der Waals surface area contributed by atoms with E-state index in [1.54, 1.807) is 11.8 Å². The fourth-order valence-corrected chi connectivity index (χ4v) is 3.58. The molecule has 3 aromatic carbocycles. The third kappa shape index (κ3) is 4.90. The maximum Gasteiger partial charge on any atom is 0.255 e. The van der Waals surface area contributed by atoms with Crippen molar-refractivity contribution in [3.8, 4) is 0 Å². The Labute approximate surface area is 163 Å². The number of para-hydroxylation sites is 1. The van der Waals surface area contributed by atoms with Gasteiger partial charge in [-0.05, 0) is 60.0 Å². The molecule has 0 aliphatic rings. The molecular formula is C22H20ClNOS. The van der Waals surface area contributed by atoms with Gasteiger partial charge >= 0.3 is 0 Å². The lowest BCUT2D eigenvalue weighted by Crippen LogP contribution is -2.13. The lowest BCUT2D eigenvalue weighted by Gasteiger charge is -2.10. The summed E-state index contributed by atoms with van der Waals surface area (Å²) in [5, 5.41) is 3.75. The number of halogens is 1. The van der Waals surface area contributed by atoms with Gasteiger partial charge in [0.15, 0.2) is 0 Å². The monoisotopic (exact) mass is 381 g/mol. The Morgan fingerprint density at radius 2 is 1.65 bits per heavy atom. The van der Waals surface area contributed by atoms with Crippen LogP contribution in [-0.2, 0) is 12.2 Å². The molecule has 1 N–H and O–H groups in total. The summed E-state index contributed by atoms with van der Waals surface area (Å²) >= 11 is 7.65. The van der Waals surface area contributed by atoms with Crippen LogP contribution >= 0.6 is 23.4 Å². The van der Waals surface area contributed by atoms with E-state index >= 15 is 0 Å². The van der Waals surface area contributed by atoms with Crippen molar-refractivity contribution in [2.75, 3.05) is 5.32 Å². The third-order valence-corrected chi connectivity index (χ3v) is 5.42. The van der Waals surface area contributed by atoms with Crippen molar-refractivity contribution in [3.05, 3.63) is 94.5 Å². The van der Waals surface area contributed by atoms with Crippen molar-refractivity contribution in [3.63, 3.8) is 0 Å². The zero-order chi connectivity index (χ0) is 18.4. The van der Waals surface area contributed by atoms with Gasteiger partial charge in [-0.1, -0.05) is 48.9 Å². The van der Waals surface area contributed by atoms with Crippen LogP contribution in [0, 0.1) is 0 Å². The summed E-state index contributed by atoms with van der Waals surface area (Å²) in [4.78, 5) is 13.6. The summed E-state index contributed by atoms with van der Waals surface area (Å²) in [5.74, 6) is 0.769. The third-order valence-electron chi connectivity index (χ3n) is 4.08. The molecule has 3 aromatic rings. The Balaban J connectivity index is 1.61. The van der Waals surface area contributed by atoms with Gasteiger partial charge in [-0.3, -0.25) is 4.79 Å². The molecule has 0 aromatic heterocycles. The lowest BCUT2D eigenvalue weighted by atomic mass is 10.1. The van der Waals surface area contributed by atoms with Gasteiger partial charge in [0.1, 0.15) is 0 Å². The molecule has 0 aliphatic heterocycles. The van der Waals surface area contributed by atoms with Gasteiger partial charge in [-0.15, -0.1) is 11.8 Å². The predicted molar refractivity (Wildman–Crippen MR) is 111 cm³/mol. The Hall–Kier alpha value is -2.23. The second-order valence-corrected chi connectivity index (χ2v) is 7.39. The van der Waals surface area contributed by atoms with E-state index in [9.17, 15) is 4.79 Å². The molecule has 0 unspecified atom stereocenters. The van der Waals surface area contributed by atoms with Crippen LogP contribution in [0.4, 0.5) is 5.69 Å². The number of nitrogens with one attached hydrogen (secondary N) is 1. The van der Waals surface area contributed by atoms with E-state index in [-0.39, 0.29) is 5.91 Å². The van der Waals surface area contributed by atoms with Crippen LogP contribution in [0.2, 0.25) is 5.02 Å². The molecule has 0 saturated carbocycles. The summed E-state index contributed by atoms with van der Waals surface area (Å²) in [6.45, 7) is 2.08. The van der Waals surface area contributed by atoms with Crippen molar-refractivity contribution < 1.29 is 4.79 Å². The van der Waals surface area contributed by atoms with Gasteiger partial charge in [-0.25, -0.2) is 0 Å². The number of aryl methyl sites for hydroxylation is 1. The first-order valence-electron chi connectivity index (χ1n) is 8.52. The highest BCUT2D eigenvalue weighted by Gasteiger charge is 2.08. The first-order chi connectivity index (χ1) is 12.7. The fraction of sp³-hybridized carbons (Fsp3) is 0.136. The van der Waals surface area contributed by atoms with Gasteiger partial charge in [-0.2, -0.15) is 0 Å². The summed E-state index contributed by atoms with van der Waals surface area (Å²) in [7, 11) is 0. The van der Waals surface area contributed by atoms with Gasteiger partial charge in [0.25, 0.3) is 5.91 Å². The largest absolute Gasteiger partial charge is 0.322 e. The van der Waals surface area contributed by atoms with E-state index in [1.807, 2.05) is 72.8 Å². The minimum atomic E-state index is -0.0807. The smallest absolute Gasteiger partial charge is 0.255 e. The van der Waals surface area contributed by atoms with E-state index in [0.29, 0.717) is 5.56 Å². The van der Waals surface area contributed by atoms with Crippen LogP contribution in [0.1, 0.15) is 28.4 Å². The Bertz CT molecular complexity index is 875. The van der Waals surface area contributed by atoms with Crippen LogP contribution in [0.15, 0.2) is 77.7 Å². The standard InChI is InChI=1S/C22H20ClNOS/c1-2-17-5-3-4-6-21(17)24-22(25)18-9-7-16(8-10-18)15-26-20-13-11-19(23)12-14-20/h3-14H,2,15H2,1H3,(H,24,25). The molecule has 0 aliphatic carbocycles. The molecular weight excluding hydrogens is 362 g/mol. The number of anilines is 1. The SMILES string of the molecule is CCc1ccccc1NC(=O)c1ccc(CSc2ccc(Cl)cc2)cc1. The highest BCUT2D eigenvalue weighted by molar-refractivity contribution is 7.98. The van der Waals surface area contributed by atoms with E-state index in [0.717, 1.165) is 28.4 Å². The Kier molecular flexibility index (Phi) is 6.37. The molecule has 0 saturated heterocycles. The van der Waals surface area contributed by atoms with Crippen LogP contribution in [0.3, 0.4) is 0 Å². The molecule has 1 amide bonds. The molecule has 0 heterocycles. The average Bonchev–Trinajstić information content (AvgIpc) is 2.68. The highest BCUT2D eigenvalue weighted by Crippen LogP contribution is 2.24. The molecule has 0 radical (unpaired) electrons. The van der Waals surface area contributed by atoms with Crippen LogP contribution < -0.4 is 5.32 Å². The summed E-state index contributed by atoms with van der Waals surface area (Å²) in [5.41, 5.74) is 3.85. The number of thioether (sulfide) groups is 1. The van der Waals surface area contributed by atoms with Crippen LogP contribution in [0.25, 0.3) is 0 Å². The van der Waals surface area contributed by atoms with Gasteiger partial charge < -0.3 is 5.32 Å². The van der Waals surface area contributed by atoms with Crippen molar-refractivity contribution in [2.24, 2.45) is 0 Å². The van der Waals surface area contributed by atoms with Gasteiger partial charge in [0.05, 0.1) is 0 Å². The first kappa shape index (κ1) is 18.6. The quantitative estimate of drug-likeness (QED) is 0.497. The van der Waals surface area contributed by atoms with Gasteiger partial charge in [0.2, 0.25) is 0 Å². The number of carbonyl (C=O) groups excluding carboxylic acids is 1. The predicted octanol–water partition coefficient (Wildman–Crippen LogP) is 6.45. The second-order valence-electron chi connectivity index (χ2n) is 5.90. The Morgan fingerprint density at radius 3 is 2.35 bits per heavy atom. The maximum absolute atomic E-state index is 12.5. The van der Waals surface area contributed by atoms with Crippen LogP contribution in [0.5, 0.6) is 0 Å². The molecule has 132 valence electrons. The topological polar surface area (TPSA) is 29.1 Å². The molecule has 0 bridgehead atoms. The molecule has 0 fully saturated rings. The summed E-state index contributed by atoms with van der Waals surface area (Å²) < 4.78 is 0. The van der Waals surface area contributed by atoms with Crippen molar-refractivity contribution in [1.82, 2.24) is 0 Å². The molecule has 2 nitrogen and oxygen atoms in total. The van der Waals surface area contributed by atoms with Crippen molar-refractivity contribution in [2.45, 2.75) is 24.0 Å². The molecule has 26 heavy (non-hydrogen) atoms. The number of hydrogen-bond donors (Lipinski definition) is 1. The first-order valence-corrected chi connectivity index (χ1v) is 9.88. The molecule has 0 spiro atoms. The molecule has 3 rings (SSSR count). The highest BCUT2D eigenvalue weighted by atomic mass is 35.5. The number of carbonyl (C=O) groups is 1. The summed E-state index contributed by atoms with van der Waals surface area (Å²) in [6, 6.07) is 23.5. The summed E-state index contributed by atoms with van der Waals surface area (Å²) in [6.07, 6.45) is 0.886. The van der Waals surface area contributed by atoms with Crippen LogP contribution in [-0.4, -0.2) is 5.91 Å². The number of rotatable bonds is 6. The zero-order valence-corrected chi connectivity index (χ0v) is 16.1. The number of amides is 1. The minimum absolute atomic E-state index is 0.0807. The average molecular weight is 382 g/mol. The van der Waals surface area contributed by atoms with E-state index < -0.39 is 0 Å². The lowest BCUT2D eigenvalue weighted by molar-refractivity contribution is 0.102. The normalized spacial score (nSPS) is 10.5.